The molecule has 2 atom stereocenters. The number of benzene rings is 2. The maximum absolute atomic E-state index is 13.6. The van der Waals surface area contributed by atoms with Gasteiger partial charge in [-0.15, -0.1) is 0 Å². The molecule has 1 saturated heterocycles. The Kier molecular flexibility index (Phi) is 5.57. The average Bonchev–Trinajstić information content (AvgIpc) is 2.58. The van der Waals surface area contributed by atoms with Gasteiger partial charge in [-0.25, -0.2) is 8.78 Å². The summed E-state index contributed by atoms with van der Waals surface area (Å²) in [6.45, 7) is 1.26. The lowest BCUT2D eigenvalue weighted by molar-refractivity contribution is 0.0924. The molecule has 2 N–H and O–H groups in total. The molecule has 0 saturated carbocycles. The van der Waals surface area contributed by atoms with Gasteiger partial charge >= 0.3 is 0 Å². The normalized spacial score (nSPS) is 20.3. The zero-order chi connectivity index (χ0) is 18.0. The predicted octanol–water partition coefficient (Wildman–Crippen LogP) is 4.15. The highest BCUT2D eigenvalue weighted by molar-refractivity contribution is 6.36. The number of piperidine rings is 1. The molecule has 1 fully saturated rings. The summed E-state index contributed by atoms with van der Waals surface area (Å²) in [7, 11) is 0. The van der Waals surface area contributed by atoms with E-state index in [9.17, 15) is 13.6 Å². The third-order valence-corrected chi connectivity index (χ3v) is 4.89. The number of halogens is 4. The molecule has 0 aliphatic carbocycles. The Morgan fingerprint density at radius 1 is 1.12 bits per heavy atom. The van der Waals surface area contributed by atoms with Crippen LogP contribution in [0.3, 0.4) is 0 Å². The molecular formula is C18H16Cl2F2N2O. The van der Waals surface area contributed by atoms with Crippen molar-refractivity contribution in [3.8, 4) is 0 Å². The van der Waals surface area contributed by atoms with Crippen LogP contribution in [0.2, 0.25) is 10.0 Å². The maximum atomic E-state index is 13.6. The van der Waals surface area contributed by atoms with E-state index in [4.69, 9.17) is 23.2 Å². The van der Waals surface area contributed by atoms with Gasteiger partial charge in [-0.1, -0.05) is 29.3 Å². The van der Waals surface area contributed by atoms with E-state index in [1.807, 2.05) is 0 Å². The highest BCUT2D eigenvalue weighted by atomic mass is 35.5. The topological polar surface area (TPSA) is 41.1 Å². The van der Waals surface area contributed by atoms with E-state index in [-0.39, 0.29) is 22.9 Å². The van der Waals surface area contributed by atoms with Crippen LogP contribution in [0.15, 0.2) is 36.4 Å². The molecule has 0 aromatic heterocycles. The molecule has 2 unspecified atom stereocenters. The number of rotatable bonds is 3. The minimum Gasteiger partial charge on any atom is -0.347 e. The summed E-state index contributed by atoms with van der Waals surface area (Å²) in [6, 6.07) is 8.25. The summed E-state index contributed by atoms with van der Waals surface area (Å²) in [4.78, 5) is 12.5. The molecule has 0 spiro atoms. The minimum atomic E-state index is -0.887. The first kappa shape index (κ1) is 18.1. The fourth-order valence-corrected chi connectivity index (χ4v) is 3.57. The molecule has 2 aromatic carbocycles. The smallest absolute Gasteiger partial charge is 0.253 e. The van der Waals surface area contributed by atoms with E-state index in [0.717, 1.165) is 12.6 Å². The van der Waals surface area contributed by atoms with Gasteiger partial charge < -0.3 is 10.6 Å². The number of nitrogens with one attached hydrogen (secondary N) is 2. The first-order valence-electron chi connectivity index (χ1n) is 7.87. The number of carbonyl (C=O) groups excluding carboxylic acids is 1. The van der Waals surface area contributed by atoms with Crippen molar-refractivity contribution in [2.45, 2.75) is 18.4 Å². The third-order valence-electron chi connectivity index (χ3n) is 4.35. The monoisotopic (exact) mass is 384 g/mol. The molecule has 1 aliphatic rings. The van der Waals surface area contributed by atoms with Crippen molar-refractivity contribution in [3.05, 3.63) is 69.2 Å². The van der Waals surface area contributed by atoms with E-state index < -0.39 is 11.6 Å². The fourth-order valence-electron chi connectivity index (χ4n) is 3.07. The Hall–Kier alpha value is -1.69. The van der Waals surface area contributed by atoms with Crippen LogP contribution in [-0.4, -0.2) is 25.0 Å². The average molecular weight is 385 g/mol. The first-order chi connectivity index (χ1) is 12.0. The molecule has 1 heterocycles. The van der Waals surface area contributed by atoms with Crippen LogP contribution in [0.25, 0.3) is 0 Å². The summed E-state index contributed by atoms with van der Waals surface area (Å²) in [5.41, 5.74) is 0.980. The lowest BCUT2D eigenvalue weighted by atomic mass is 9.85. The van der Waals surface area contributed by atoms with E-state index in [1.54, 1.807) is 18.2 Å². The number of carbonyl (C=O) groups is 1. The van der Waals surface area contributed by atoms with Crippen LogP contribution in [-0.2, 0) is 0 Å². The van der Waals surface area contributed by atoms with Crippen molar-refractivity contribution in [1.82, 2.24) is 10.6 Å². The third kappa shape index (κ3) is 4.11. The van der Waals surface area contributed by atoms with Crippen molar-refractivity contribution >= 4 is 29.1 Å². The Morgan fingerprint density at radius 2 is 1.92 bits per heavy atom. The van der Waals surface area contributed by atoms with Gasteiger partial charge in [0.05, 0.1) is 10.6 Å². The Labute approximate surface area is 154 Å². The SMILES string of the molecule is O=C(NC1CNCCC1c1ccc(F)c(F)c1)c1ccc(Cl)cc1Cl. The quantitative estimate of drug-likeness (QED) is 0.834. The lowest BCUT2D eigenvalue weighted by Gasteiger charge is -2.33. The number of amides is 1. The van der Waals surface area contributed by atoms with Crippen LogP contribution in [0.5, 0.6) is 0 Å². The van der Waals surface area contributed by atoms with Crippen LogP contribution < -0.4 is 10.6 Å². The van der Waals surface area contributed by atoms with Crippen molar-refractivity contribution in [2.24, 2.45) is 0 Å². The van der Waals surface area contributed by atoms with Crippen molar-refractivity contribution in [2.75, 3.05) is 13.1 Å². The second kappa shape index (κ2) is 7.68. The summed E-state index contributed by atoms with van der Waals surface area (Å²) in [5.74, 6) is -2.22. The van der Waals surface area contributed by atoms with Gasteiger partial charge in [-0.3, -0.25) is 4.79 Å². The second-order valence-corrected chi connectivity index (χ2v) is 6.82. The van der Waals surface area contributed by atoms with Crippen molar-refractivity contribution in [1.29, 1.82) is 0 Å². The summed E-state index contributed by atoms with van der Waals surface area (Å²) in [6.07, 6.45) is 0.699. The molecule has 25 heavy (non-hydrogen) atoms. The second-order valence-electron chi connectivity index (χ2n) is 5.98. The summed E-state index contributed by atoms with van der Waals surface area (Å²) >= 11 is 11.9. The van der Waals surface area contributed by atoms with Gasteiger partial charge in [-0.2, -0.15) is 0 Å². The Balaban J connectivity index is 1.81. The molecule has 3 rings (SSSR count). The highest BCUT2D eigenvalue weighted by Crippen LogP contribution is 2.28. The molecule has 1 aliphatic heterocycles. The summed E-state index contributed by atoms with van der Waals surface area (Å²) in [5, 5.41) is 6.84. The zero-order valence-corrected chi connectivity index (χ0v) is 14.7. The lowest BCUT2D eigenvalue weighted by Crippen LogP contribution is -2.50. The largest absolute Gasteiger partial charge is 0.347 e. The molecule has 132 valence electrons. The van der Waals surface area contributed by atoms with Gasteiger partial charge in [0.25, 0.3) is 5.91 Å². The summed E-state index contributed by atoms with van der Waals surface area (Å²) < 4.78 is 26.8. The molecular weight excluding hydrogens is 369 g/mol. The molecule has 7 heteroatoms. The van der Waals surface area contributed by atoms with E-state index >= 15 is 0 Å². The van der Waals surface area contributed by atoms with Gasteiger partial charge in [-0.05, 0) is 48.9 Å². The van der Waals surface area contributed by atoms with E-state index in [0.29, 0.717) is 29.1 Å². The van der Waals surface area contributed by atoms with E-state index in [2.05, 4.69) is 10.6 Å². The van der Waals surface area contributed by atoms with Crippen LogP contribution in [0.4, 0.5) is 8.78 Å². The Morgan fingerprint density at radius 3 is 2.64 bits per heavy atom. The highest BCUT2D eigenvalue weighted by Gasteiger charge is 2.29. The molecule has 2 aromatic rings. The zero-order valence-electron chi connectivity index (χ0n) is 13.2. The van der Waals surface area contributed by atoms with E-state index in [1.165, 1.54) is 12.1 Å². The predicted molar refractivity (Wildman–Crippen MR) is 94.3 cm³/mol. The van der Waals surface area contributed by atoms with Gasteiger partial charge in [0.15, 0.2) is 11.6 Å². The van der Waals surface area contributed by atoms with Crippen LogP contribution in [0.1, 0.15) is 28.3 Å². The van der Waals surface area contributed by atoms with Gasteiger partial charge in [0, 0.05) is 23.5 Å². The Bertz CT molecular complexity index is 801. The fraction of sp³-hybridized carbons (Fsp3) is 0.278. The van der Waals surface area contributed by atoms with Gasteiger partial charge in [0.1, 0.15) is 0 Å². The van der Waals surface area contributed by atoms with Crippen LogP contribution >= 0.6 is 23.2 Å². The molecule has 3 nitrogen and oxygen atoms in total. The van der Waals surface area contributed by atoms with Crippen LogP contribution in [0, 0.1) is 11.6 Å². The number of hydrogen-bond acceptors (Lipinski definition) is 2. The standard InChI is InChI=1S/C18H16Cl2F2N2O/c19-11-2-3-13(14(20)8-11)18(25)24-17-9-23-6-5-12(17)10-1-4-15(21)16(22)7-10/h1-4,7-8,12,17,23H,5-6,9H2,(H,24,25). The first-order valence-corrected chi connectivity index (χ1v) is 8.63. The minimum absolute atomic E-state index is 0.119. The molecule has 0 bridgehead atoms. The van der Waals surface area contributed by atoms with Crippen molar-refractivity contribution < 1.29 is 13.6 Å². The molecule has 0 radical (unpaired) electrons. The maximum Gasteiger partial charge on any atom is 0.253 e. The van der Waals surface area contributed by atoms with Gasteiger partial charge in [0.2, 0.25) is 0 Å². The number of hydrogen-bond donors (Lipinski definition) is 2. The van der Waals surface area contributed by atoms with Crippen molar-refractivity contribution in [3.63, 3.8) is 0 Å². The molecule has 1 amide bonds.